The van der Waals surface area contributed by atoms with Gasteiger partial charge in [0.15, 0.2) is 0 Å². The number of anilines is 1. The summed E-state index contributed by atoms with van der Waals surface area (Å²) in [5, 5.41) is 10.8. The summed E-state index contributed by atoms with van der Waals surface area (Å²) < 4.78 is 4.91. The maximum absolute atomic E-state index is 10.8. The Kier molecular flexibility index (Phi) is 5.05. The van der Waals surface area contributed by atoms with E-state index in [1.807, 2.05) is 0 Å². The van der Waals surface area contributed by atoms with E-state index in [0.717, 1.165) is 12.6 Å². The summed E-state index contributed by atoms with van der Waals surface area (Å²) in [5.74, 6) is 0.214. The van der Waals surface area contributed by atoms with Crippen molar-refractivity contribution in [1.29, 1.82) is 0 Å². The van der Waals surface area contributed by atoms with E-state index in [1.165, 1.54) is 0 Å². The molecular weight excluding hydrogens is 248 g/mol. The van der Waals surface area contributed by atoms with Crippen LogP contribution in [0.25, 0.3) is 0 Å². The number of methoxy groups -OCH3 is 1. The zero-order chi connectivity index (χ0) is 12.8. The van der Waals surface area contributed by atoms with E-state index in [9.17, 15) is 10.1 Å². The topological polar surface area (TPSA) is 81.4 Å². The Morgan fingerprint density at radius 1 is 1.65 bits per heavy atom. The van der Waals surface area contributed by atoms with E-state index in [2.05, 4.69) is 9.97 Å². The van der Waals surface area contributed by atoms with E-state index in [1.54, 1.807) is 19.1 Å². The Morgan fingerprint density at radius 3 is 2.94 bits per heavy atom. The zero-order valence-corrected chi connectivity index (χ0v) is 10.3. The molecule has 1 heterocycles. The van der Waals surface area contributed by atoms with Crippen molar-refractivity contribution in [3.63, 3.8) is 0 Å². The predicted octanol–water partition coefficient (Wildman–Crippen LogP) is 1.51. The highest BCUT2D eigenvalue weighted by molar-refractivity contribution is 6.28. The van der Waals surface area contributed by atoms with E-state index in [4.69, 9.17) is 16.3 Å². The lowest BCUT2D eigenvalue weighted by Crippen LogP contribution is -2.22. The van der Waals surface area contributed by atoms with Crippen molar-refractivity contribution < 1.29 is 9.66 Å². The van der Waals surface area contributed by atoms with Crippen LogP contribution in [-0.2, 0) is 4.74 Å². The smallest absolute Gasteiger partial charge is 0.329 e. The third kappa shape index (κ3) is 3.79. The van der Waals surface area contributed by atoms with Gasteiger partial charge in [0.25, 0.3) is 0 Å². The molecule has 0 aromatic carbocycles. The third-order valence-electron chi connectivity index (χ3n) is 2.12. The summed E-state index contributed by atoms with van der Waals surface area (Å²) in [6.45, 7) is 1.17. The van der Waals surface area contributed by atoms with Crippen LogP contribution in [0, 0.1) is 10.1 Å². The molecule has 0 saturated heterocycles. The van der Waals surface area contributed by atoms with Gasteiger partial charge < -0.3 is 9.64 Å². The van der Waals surface area contributed by atoms with Crippen LogP contribution in [0.5, 0.6) is 0 Å². The van der Waals surface area contributed by atoms with Crippen LogP contribution < -0.4 is 4.90 Å². The number of hydrogen-bond donors (Lipinski definition) is 0. The normalized spacial score (nSPS) is 10.3. The predicted molar refractivity (Wildman–Crippen MR) is 63.5 cm³/mol. The van der Waals surface area contributed by atoms with Gasteiger partial charge in [-0.2, -0.15) is 4.98 Å². The molecule has 0 aliphatic rings. The number of ether oxygens (including phenoxy) is 1. The second-order valence-corrected chi connectivity index (χ2v) is 3.71. The average molecular weight is 261 g/mol. The molecule has 0 aliphatic heterocycles. The lowest BCUT2D eigenvalue weighted by molar-refractivity contribution is -0.384. The second-order valence-electron chi connectivity index (χ2n) is 3.37. The Morgan fingerprint density at radius 2 is 2.35 bits per heavy atom. The van der Waals surface area contributed by atoms with Gasteiger partial charge in [-0.05, 0) is 18.0 Å². The van der Waals surface area contributed by atoms with Crippen molar-refractivity contribution >= 4 is 23.1 Å². The highest BCUT2D eigenvalue weighted by Gasteiger charge is 2.19. The Balaban J connectivity index is 2.86. The second kappa shape index (κ2) is 6.31. The van der Waals surface area contributed by atoms with Crippen LogP contribution in [0.3, 0.4) is 0 Å². The standard InChI is InChI=1S/C9H13ClN4O3/c1-13(4-3-5-17-2)8-7(14(15)16)6-11-9(10)12-8/h6H,3-5H2,1-2H3. The fraction of sp³-hybridized carbons (Fsp3) is 0.556. The molecule has 1 rings (SSSR count). The van der Waals surface area contributed by atoms with Crippen molar-refractivity contribution in [3.05, 3.63) is 21.6 Å². The quantitative estimate of drug-likeness (QED) is 0.334. The maximum atomic E-state index is 10.8. The minimum absolute atomic E-state index is 0.0100. The van der Waals surface area contributed by atoms with Gasteiger partial charge in [-0.25, -0.2) is 4.98 Å². The fourth-order valence-corrected chi connectivity index (χ4v) is 1.44. The first-order valence-corrected chi connectivity index (χ1v) is 5.31. The van der Waals surface area contributed by atoms with Gasteiger partial charge in [-0.15, -0.1) is 0 Å². The van der Waals surface area contributed by atoms with Crippen molar-refractivity contribution in [2.75, 3.05) is 32.2 Å². The summed E-state index contributed by atoms with van der Waals surface area (Å²) in [6.07, 6.45) is 1.85. The van der Waals surface area contributed by atoms with Crippen LogP contribution >= 0.6 is 11.6 Å². The monoisotopic (exact) mass is 260 g/mol. The van der Waals surface area contributed by atoms with E-state index in [-0.39, 0.29) is 16.8 Å². The minimum atomic E-state index is -0.529. The van der Waals surface area contributed by atoms with Crippen molar-refractivity contribution in [3.8, 4) is 0 Å². The largest absolute Gasteiger partial charge is 0.385 e. The molecule has 0 saturated carbocycles. The molecule has 0 N–H and O–H groups in total. The number of nitrogens with zero attached hydrogens (tertiary/aromatic N) is 4. The van der Waals surface area contributed by atoms with Crippen LogP contribution in [-0.4, -0.2) is 42.2 Å². The van der Waals surface area contributed by atoms with Gasteiger partial charge in [0, 0.05) is 27.3 Å². The van der Waals surface area contributed by atoms with Gasteiger partial charge in [0.05, 0.1) is 4.92 Å². The molecule has 94 valence electrons. The van der Waals surface area contributed by atoms with Gasteiger partial charge >= 0.3 is 5.69 Å². The van der Waals surface area contributed by atoms with Crippen LogP contribution in [0.15, 0.2) is 6.20 Å². The molecule has 1 aromatic heterocycles. The molecule has 17 heavy (non-hydrogen) atoms. The Hall–Kier alpha value is -1.47. The van der Waals surface area contributed by atoms with Crippen molar-refractivity contribution in [2.24, 2.45) is 0 Å². The molecule has 0 fully saturated rings. The highest BCUT2D eigenvalue weighted by atomic mass is 35.5. The number of nitro groups is 1. The summed E-state index contributed by atoms with van der Waals surface area (Å²) in [5.41, 5.74) is -0.158. The highest BCUT2D eigenvalue weighted by Crippen LogP contribution is 2.24. The number of hydrogen-bond acceptors (Lipinski definition) is 6. The molecule has 1 aromatic rings. The van der Waals surface area contributed by atoms with Gasteiger partial charge in [0.1, 0.15) is 6.20 Å². The van der Waals surface area contributed by atoms with Crippen molar-refractivity contribution in [1.82, 2.24) is 9.97 Å². The van der Waals surface area contributed by atoms with Gasteiger partial charge in [-0.1, -0.05) is 0 Å². The average Bonchev–Trinajstić information content (AvgIpc) is 2.28. The molecule has 0 radical (unpaired) electrons. The van der Waals surface area contributed by atoms with Crippen molar-refractivity contribution in [2.45, 2.75) is 6.42 Å². The lowest BCUT2D eigenvalue weighted by Gasteiger charge is -2.17. The molecule has 7 nitrogen and oxygen atoms in total. The van der Waals surface area contributed by atoms with E-state index < -0.39 is 4.92 Å². The SMILES string of the molecule is COCCCN(C)c1nc(Cl)ncc1[N+](=O)[O-]. The molecule has 0 aliphatic carbocycles. The van der Waals surface area contributed by atoms with E-state index >= 15 is 0 Å². The van der Waals surface area contributed by atoms with Gasteiger partial charge in [-0.3, -0.25) is 10.1 Å². The molecule has 0 atom stereocenters. The summed E-state index contributed by atoms with van der Waals surface area (Å²) in [6, 6.07) is 0. The minimum Gasteiger partial charge on any atom is -0.385 e. The molecule has 8 heteroatoms. The lowest BCUT2D eigenvalue weighted by atomic mass is 10.4. The first kappa shape index (κ1) is 13.6. The van der Waals surface area contributed by atoms with Gasteiger partial charge in [0.2, 0.25) is 11.1 Å². The first-order valence-electron chi connectivity index (χ1n) is 4.93. The first-order chi connectivity index (χ1) is 8.06. The molecular formula is C9H13ClN4O3. The number of aromatic nitrogens is 2. The number of halogens is 1. The van der Waals surface area contributed by atoms with Crippen LogP contribution in [0.1, 0.15) is 6.42 Å². The number of rotatable bonds is 6. The summed E-state index contributed by atoms with van der Waals surface area (Å²) in [7, 11) is 3.31. The fourth-order valence-electron chi connectivity index (χ4n) is 1.31. The summed E-state index contributed by atoms with van der Waals surface area (Å²) >= 11 is 5.63. The Labute approximate surface area is 104 Å². The molecule has 0 bridgehead atoms. The molecule has 0 spiro atoms. The van der Waals surface area contributed by atoms with E-state index in [0.29, 0.717) is 13.2 Å². The summed E-state index contributed by atoms with van der Waals surface area (Å²) in [4.78, 5) is 19.4. The maximum Gasteiger partial charge on any atom is 0.329 e. The molecule has 0 unspecified atom stereocenters. The molecule has 0 amide bonds. The Bertz CT molecular complexity index is 402. The third-order valence-corrected chi connectivity index (χ3v) is 2.30. The van der Waals surface area contributed by atoms with Crippen LogP contribution in [0.2, 0.25) is 5.28 Å². The zero-order valence-electron chi connectivity index (χ0n) is 9.59. The van der Waals surface area contributed by atoms with Crippen LogP contribution in [0.4, 0.5) is 11.5 Å².